The molecule has 0 unspecified atom stereocenters. The summed E-state index contributed by atoms with van der Waals surface area (Å²) in [4.78, 5) is 17.9. The summed E-state index contributed by atoms with van der Waals surface area (Å²) in [6, 6.07) is 10.5. The molecule has 0 N–H and O–H groups in total. The summed E-state index contributed by atoms with van der Waals surface area (Å²) in [5, 5.41) is 0. The number of fused-ring (bicyclic) bond motifs is 1. The summed E-state index contributed by atoms with van der Waals surface area (Å²) in [6.07, 6.45) is 0.324. The van der Waals surface area contributed by atoms with E-state index in [0.29, 0.717) is 19.6 Å². The van der Waals surface area contributed by atoms with Crippen molar-refractivity contribution < 1.29 is 9.53 Å². The van der Waals surface area contributed by atoms with Gasteiger partial charge >= 0.3 is 0 Å². The van der Waals surface area contributed by atoms with Crippen LogP contribution in [0.25, 0.3) is 10.2 Å². The van der Waals surface area contributed by atoms with Gasteiger partial charge in [0.05, 0.1) is 23.2 Å². The Morgan fingerprint density at radius 2 is 1.81 bits per heavy atom. The van der Waals surface area contributed by atoms with Crippen LogP contribution in [0.3, 0.4) is 0 Å². The topological polar surface area (TPSA) is 43.6 Å². The smallest absolute Gasteiger partial charge is 0.252 e. The molecule has 0 saturated heterocycles. The van der Waals surface area contributed by atoms with Crippen molar-refractivity contribution in [2.45, 2.75) is 40.7 Å². The fourth-order valence-corrected chi connectivity index (χ4v) is 4.26. The van der Waals surface area contributed by atoms with Crippen molar-refractivity contribution >= 4 is 27.5 Å². The highest BCUT2D eigenvalue weighted by atomic mass is 32.1. The molecule has 1 amide bonds. The van der Waals surface area contributed by atoms with Crippen LogP contribution in [0.1, 0.15) is 27.8 Å². The molecule has 3 rings (SSSR count). The number of amides is 1. The number of thiazole rings is 1. The predicted octanol–water partition coefficient (Wildman–Crippen LogP) is 4.25. The number of hydrogen-bond donors (Lipinski definition) is 0. The third-order valence-electron chi connectivity index (χ3n) is 4.88. The van der Waals surface area contributed by atoms with Gasteiger partial charge in [0.1, 0.15) is 0 Å². The summed E-state index contributed by atoms with van der Waals surface area (Å²) in [6.45, 7) is 9.55. The minimum absolute atomic E-state index is 0.116. The maximum Gasteiger partial charge on any atom is 0.252 e. The molecular formula is C22H26N2O2S. The number of benzene rings is 2. The van der Waals surface area contributed by atoms with E-state index in [9.17, 15) is 4.79 Å². The van der Waals surface area contributed by atoms with Gasteiger partial charge in [0.25, 0.3) is 5.91 Å². The van der Waals surface area contributed by atoms with Gasteiger partial charge in [-0.1, -0.05) is 35.1 Å². The van der Waals surface area contributed by atoms with E-state index in [1.807, 2.05) is 13.8 Å². The van der Waals surface area contributed by atoms with Crippen molar-refractivity contribution in [2.24, 2.45) is 4.99 Å². The monoisotopic (exact) mass is 382 g/mol. The second-order valence-corrected chi connectivity index (χ2v) is 8.05. The van der Waals surface area contributed by atoms with Crippen LogP contribution in [0.15, 0.2) is 35.3 Å². The van der Waals surface area contributed by atoms with Crippen molar-refractivity contribution in [2.75, 3.05) is 13.7 Å². The molecule has 0 bridgehead atoms. The van der Waals surface area contributed by atoms with E-state index < -0.39 is 0 Å². The Bertz CT molecular complexity index is 1060. The maximum absolute atomic E-state index is 12.7. The lowest BCUT2D eigenvalue weighted by Gasteiger charge is -2.06. The van der Waals surface area contributed by atoms with Gasteiger partial charge in [-0.05, 0) is 62.1 Å². The molecule has 0 saturated carbocycles. The van der Waals surface area contributed by atoms with Gasteiger partial charge in [-0.25, -0.2) is 0 Å². The van der Waals surface area contributed by atoms with E-state index in [0.717, 1.165) is 31.7 Å². The highest BCUT2D eigenvalue weighted by molar-refractivity contribution is 7.16. The lowest BCUT2D eigenvalue weighted by molar-refractivity contribution is -0.117. The molecule has 2 aromatic carbocycles. The number of hydrogen-bond acceptors (Lipinski definition) is 3. The third kappa shape index (κ3) is 4.37. The fourth-order valence-electron chi connectivity index (χ4n) is 3.11. The first-order valence-corrected chi connectivity index (χ1v) is 9.94. The molecule has 0 radical (unpaired) electrons. The molecule has 4 nitrogen and oxygen atoms in total. The van der Waals surface area contributed by atoms with E-state index in [-0.39, 0.29) is 5.91 Å². The molecule has 1 aromatic heterocycles. The lowest BCUT2D eigenvalue weighted by atomic mass is 10.0. The second-order valence-electron chi connectivity index (χ2n) is 7.05. The van der Waals surface area contributed by atoms with Gasteiger partial charge in [-0.15, -0.1) is 0 Å². The number of rotatable bonds is 5. The Hall–Kier alpha value is -2.24. The van der Waals surface area contributed by atoms with Gasteiger partial charge in [-0.2, -0.15) is 4.99 Å². The molecule has 1 heterocycles. The molecule has 0 aliphatic carbocycles. The van der Waals surface area contributed by atoms with Crippen molar-refractivity contribution in [3.8, 4) is 0 Å². The largest absolute Gasteiger partial charge is 0.383 e. The van der Waals surface area contributed by atoms with Crippen molar-refractivity contribution in [3.63, 3.8) is 0 Å². The van der Waals surface area contributed by atoms with E-state index in [1.165, 1.54) is 11.1 Å². The Labute approximate surface area is 164 Å². The van der Waals surface area contributed by atoms with Crippen LogP contribution >= 0.6 is 11.3 Å². The van der Waals surface area contributed by atoms with Crippen LogP contribution < -0.4 is 4.80 Å². The van der Waals surface area contributed by atoms with Crippen LogP contribution in [0.2, 0.25) is 0 Å². The van der Waals surface area contributed by atoms with Gasteiger partial charge in [0.2, 0.25) is 0 Å². The number of ether oxygens (including phenoxy) is 1. The summed E-state index contributed by atoms with van der Waals surface area (Å²) in [5.74, 6) is -0.116. The molecule has 27 heavy (non-hydrogen) atoms. The first kappa shape index (κ1) is 19.5. The van der Waals surface area contributed by atoms with Gasteiger partial charge in [0, 0.05) is 13.7 Å². The highest BCUT2D eigenvalue weighted by Gasteiger charge is 2.11. The van der Waals surface area contributed by atoms with E-state index in [2.05, 4.69) is 53.7 Å². The molecule has 3 aromatic rings. The first-order valence-electron chi connectivity index (χ1n) is 9.12. The minimum Gasteiger partial charge on any atom is -0.383 e. The van der Waals surface area contributed by atoms with Crippen molar-refractivity contribution in [1.82, 2.24) is 4.57 Å². The zero-order valence-electron chi connectivity index (χ0n) is 16.6. The third-order valence-corrected chi connectivity index (χ3v) is 5.93. The summed E-state index contributed by atoms with van der Waals surface area (Å²) >= 11 is 1.56. The second kappa shape index (κ2) is 8.19. The molecule has 5 heteroatoms. The fraction of sp³-hybridized carbons (Fsp3) is 0.364. The summed E-state index contributed by atoms with van der Waals surface area (Å²) in [5.41, 5.74) is 6.92. The minimum atomic E-state index is -0.116. The highest BCUT2D eigenvalue weighted by Crippen LogP contribution is 2.22. The number of methoxy groups -OCH3 is 1. The number of nitrogens with zero attached hydrogens (tertiary/aromatic N) is 2. The van der Waals surface area contributed by atoms with Gasteiger partial charge in [0.15, 0.2) is 4.80 Å². The van der Waals surface area contributed by atoms with Crippen LogP contribution in [0.4, 0.5) is 0 Å². The Morgan fingerprint density at radius 1 is 1.07 bits per heavy atom. The van der Waals surface area contributed by atoms with Gasteiger partial charge in [-0.3, -0.25) is 4.79 Å². The zero-order chi connectivity index (χ0) is 19.6. The standard InChI is InChI=1S/C22H26N2O2S/c1-14-6-7-15(2)18(10-14)13-21(25)23-22-24(8-9-26-5)19-11-16(3)17(4)12-20(19)27-22/h6-7,10-12H,8-9,13H2,1-5H3. The van der Waals surface area contributed by atoms with Crippen LogP contribution in [0, 0.1) is 27.7 Å². The van der Waals surface area contributed by atoms with Crippen molar-refractivity contribution in [3.05, 3.63) is 63.0 Å². The molecule has 0 atom stereocenters. The molecule has 0 aliphatic heterocycles. The first-order chi connectivity index (χ1) is 12.9. The van der Waals surface area contributed by atoms with Crippen molar-refractivity contribution in [1.29, 1.82) is 0 Å². The number of carbonyl (C=O) groups is 1. The predicted molar refractivity (Wildman–Crippen MR) is 111 cm³/mol. The number of aryl methyl sites for hydroxylation is 4. The van der Waals surface area contributed by atoms with Crippen LogP contribution in [-0.2, 0) is 22.5 Å². The summed E-state index contributed by atoms with van der Waals surface area (Å²) < 4.78 is 8.50. The normalized spacial score (nSPS) is 12.1. The van der Waals surface area contributed by atoms with E-state index in [4.69, 9.17) is 4.74 Å². The Morgan fingerprint density at radius 3 is 2.56 bits per heavy atom. The van der Waals surface area contributed by atoms with Crippen LogP contribution in [-0.4, -0.2) is 24.2 Å². The van der Waals surface area contributed by atoms with Crippen LogP contribution in [0.5, 0.6) is 0 Å². The lowest BCUT2D eigenvalue weighted by Crippen LogP contribution is -2.20. The quantitative estimate of drug-likeness (QED) is 0.662. The van der Waals surface area contributed by atoms with E-state index in [1.54, 1.807) is 18.4 Å². The molecular weight excluding hydrogens is 356 g/mol. The molecule has 0 aliphatic rings. The Kier molecular flexibility index (Phi) is 5.92. The Balaban J connectivity index is 2.03. The number of carbonyl (C=O) groups excluding carboxylic acids is 1. The van der Waals surface area contributed by atoms with Gasteiger partial charge < -0.3 is 9.30 Å². The molecule has 142 valence electrons. The number of aromatic nitrogens is 1. The molecule has 0 fully saturated rings. The van der Waals surface area contributed by atoms with E-state index >= 15 is 0 Å². The molecule has 0 spiro atoms. The summed E-state index contributed by atoms with van der Waals surface area (Å²) in [7, 11) is 1.69. The maximum atomic E-state index is 12.7. The zero-order valence-corrected chi connectivity index (χ0v) is 17.4. The SMILES string of the molecule is COCCn1c(=NC(=O)Cc2cc(C)ccc2C)sc2cc(C)c(C)cc21. The average Bonchev–Trinajstić information content (AvgIpc) is 2.92. The average molecular weight is 383 g/mol.